The number of benzene rings is 1. The molecule has 1 aromatic carbocycles. The summed E-state index contributed by atoms with van der Waals surface area (Å²) in [6, 6.07) is 5.77. The van der Waals surface area contributed by atoms with Crippen molar-refractivity contribution in [3.05, 3.63) is 28.2 Å². The van der Waals surface area contributed by atoms with Crippen LogP contribution in [0.15, 0.2) is 22.7 Å². The SMILES string of the molecule is O[C@H]1CC2(CCCOC2)Oc2cc(Br)ccc21. The lowest BCUT2D eigenvalue weighted by Gasteiger charge is -2.42. The summed E-state index contributed by atoms with van der Waals surface area (Å²) in [6.07, 6.45) is 2.13. The number of halogens is 1. The highest BCUT2D eigenvalue weighted by molar-refractivity contribution is 9.10. The summed E-state index contributed by atoms with van der Waals surface area (Å²) in [7, 11) is 0. The minimum atomic E-state index is -0.450. The molecule has 1 saturated heterocycles. The van der Waals surface area contributed by atoms with E-state index in [2.05, 4.69) is 15.9 Å². The zero-order valence-corrected chi connectivity index (χ0v) is 11.1. The van der Waals surface area contributed by atoms with E-state index in [1.54, 1.807) is 0 Å². The smallest absolute Gasteiger partial charge is 0.135 e. The van der Waals surface area contributed by atoms with Crippen LogP contribution < -0.4 is 4.74 Å². The maximum absolute atomic E-state index is 10.2. The molecular weight excluding hydrogens is 284 g/mol. The van der Waals surface area contributed by atoms with E-state index in [9.17, 15) is 5.11 Å². The molecule has 0 amide bonds. The molecule has 1 fully saturated rings. The molecule has 1 unspecified atom stereocenters. The van der Waals surface area contributed by atoms with Crippen LogP contribution in [-0.2, 0) is 4.74 Å². The van der Waals surface area contributed by atoms with Crippen molar-refractivity contribution in [1.29, 1.82) is 0 Å². The Hall–Kier alpha value is -0.580. The van der Waals surface area contributed by atoms with Gasteiger partial charge in [0.2, 0.25) is 0 Å². The van der Waals surface area contributed by atoms with E-state index in [1.807, 2.05) is 18.2 Å². The summed E-state index contributed by atoms with van der Waals surface area (Å²) < 4.78 is 12.6. The van der Waals surface area contributed by atoms with Crippen molar-refractivity contribution in [2.75, 3.05) is 13.2 Å². The average molecular weight is 299 g/mol. The number of aliphatic hydroxyl groups excluding tert-OH is 1. The van der Waals surface area contributed by atoms with Gasteiger partial charge in [-0.05, 0) is 25.0 Å². The molecule has 1 spiro atoms. The zero-order chi connectivity index (χ0) is 11.9. The number of rotatable bonds is 0. The molecule has 3 nitrogen and oxygen atoms in total. The van der Waals surface area contributed by atoms with E-state index in [-0.39, 0.29) is 5.60 Å². The van der Waals surface area contributed by atoms with Gasteiger partial charge in [0.05, 0.1) is 12.7 Å². The highest BCUT2D eigenvalue weighted by atomic mass is 79.9. The Balaban J connectivity index is 1.95. The van der Waals surface area contributed by atoms with E-state index < -0.39 is 6.10 Å². The van der Waals surface area contributed by atoms with Crippen LogP contribution >= 0.6 is 15.9 Å². The Morgan fingerprint density at radius 3 is 3.06 bits per heavy atom. The molecule has 2 aliphatic heterocycles. The molecule has 2 heterocycles. The largest absolute Gasteiger partial charge is 0.484 e. The second kappa shape index (κ2) is 4.26. The molecule has 1 aromatic rings. The molecule has 17 heavy (non-hydrogen) atoms. The molecule has 0 radical (unpaired) electrons. The number of hydrogen-bond donors (Lipinski definition) is 1. The van der Waals surface area contributed by atoms with Gasteiger partial charge >= 0.3 is 0 Å². The first kappa shape index (κ1) is 11.5. The summed E-state index contributed by atoms with van der Waals surface area (Å²) in [5.74, 6) is 0.781. The number of ether oxygens (including phenoxy) is 2. The molecule has 4 heteroatoms. The van der Waals surface area contributed by atoms with Crippen molar-refractivity contribution in [2.45, 2.75) is 31.0 Å². The van der Waals surface area contributed by atoms with Crippen molar-refractivity contribution in [1.82, 2.24) is 0 Å². The van der Waals surface area contributed by atoms with Gasteiger partial charge in [-0.15, -0.1) is 0 Å². The summed E-state index contributed by atoms with van der Waals surface area (Å²) in [6.45, 7) is 1.38. The average Bonchev–Trinajstić information content (AvgIpc) is 2.29. The summed E-state index contributed by atoms with van der Waals surface area (Å²) in [5, 5.41) is 10.2. The number of fused-ring (bicyclic) bond motifs is 1. The Bertz CT molecular complexity index is 427. The molecule has 0 aliphatic carbocycles. The van der Waals surface area contributed by atoms with E-state index in [1.165, 1.54) is 0 Å². The van der Waals surface area contributed by atoms with Gasteiger partial charge in [0.1, 0.15) is 11.4 Å². The molecule has 1 N–H and O–H groups in total. The molecule has 0 bridgehead atoms. The van der Waals surface area contributed by atoms with Gasteiger partial charge in [-0.1, -0.05) is 22.0 Å². The van der Waals surface area contributed by atoms with Crippen LogP contribution in [0.25, 0.3) is 0 Å². The van der Waals surface area contributed by atoms with Crippen LogP contribution in [0.1, 0.15) is 30.9 Å². The van der Waals surface area contributed by atoms with Gasteiger partial charge in [-0.3, -0.25) is 0 Å². The van der Waals surface area contributed by atoms with Crippen LogP contribution in [0, 0.1) is 0 Å². The Morgan fingerprint density at radius 2 is 2.29 bits per heavy atom. The molecule has 2 atom stereocenters. The first-order valence-electron chi connectivity index (χ1n) is 5.93. The van der Waals surface area contributed by atoms with Gasteiger partial charge in [-0.2, -0.15) is 0 Å². The molecular formula is C13H15BrO3. The highest BCUT2D eigenvalue weighted by Crippen LogP contribution is 2.43. The van der Waals surface area contributed by atoms with Gasteiger partial charge in [0.25, 0.3) is 0 Å². The lowest BCUT2D eigenvalue weighted by Crippen LogP contribution is -2.47. The number of hydrogen-bond acceptors (Lipinski definition) is 3. The Morgan fingerprint density at radius 1 is 1.41 bits per heavy atom. The summed E-state index contributed by atoms with van der Waals surface area (Å²) in [4.78, 5) is 0. The summed E-state index contributed by atoms with van der Waals surface area (Å²) in [5.41, 5.74) is 0.551. The highest BCUT2D eigenvalue weighted by Gasteiger charge is 2.42. The van der Waals surface area contributed by atoms with Crippen molar-refractivity contribution in [3.63, 3.8) is 0 Å². The standard InChI is InChI=1S/C13H15BrO3/c14-9-2-3-10-11(15)7-13(17-12(10)6-9)4-1-5-16-8-13/h2-3,6,11,15H,1,4-5,7-8H2/t11-,13?/m0/s1. The first-order chi connectivity index (χ1) is 8.19. The molecule has 0 aromatic heterocycles. The third kappa shape index (κ3) is 2.09. The Kier molecular flexibility index (Phi) is 2.89. The third-order valence-electron chi connectivity index (χ3n) is 3.51. The lowest BCUT2D eigenvalue weighted by molar-refractivity contribution is -0.103. The van der Waals surface area contributed by atoms with Crippen molar-refractivity contribution >= 4 is 15.9 Å². The maximum atomic E-state index is 10.2. The molecule has 92 valence electrons. The fourth-order valence-corrected chi connectivity index (χ4v) is 3.02. The predicted octanol–water partition coefficient (Wildman–Crippen LogP) is 2.81. The summed E-state index contributed by atoms with van der Waals surface area (Å²) >= 11 is 3.43. The fourth-order valence-electron chi connectivity index (χ4n) is 2.68. The second-order valence-electron chi connectivity index (χ2n) is 4.84. The minimum absolute atomic E-state index is 0.328. The van der Waals surface area contributed by atoms with Crippen molar-refractivity contribution in [3.8, 4) is 5.75 Å². The van der Waals surface area contributed by atoms with Crippen molar-refractivity contribution in [2.24, 2.45) is 0 Å². The van der Waals surface area contributed by atoms with Gasteiger partial charge in [-0.25, -0.2) is 0 Å². The third-order valence-corrected chi connectivity index (χ3v) is 4.01. The number of aliphatic hydroxyl groups is 1. The predicted molar refractivity (Wildman–Crippen MR) is 67.1 cm³/mol. The zero-order valence-electron chi connectivity index (χ0n) is 9.49. The first-order valence-corrected chi connectivity index (χ1v) is 6.72. The van der Waals surface area contributed by atoms with Crippen LogP contribution in [0.2, 0.25) is 0 Å². The van der Waals surface area contributed by atoms with Crippen LogP contribution in [0.4, 0.5) is 0 Å². The monoisotopic (exact) mass is 298 g/mol. The van der Waals surface area contributed by atoms with Gasteiger partial charge in [0.15, 0.2) is 0 Å². The van der Waals surface area contributed by atoms with Crippen LogP contribution in [0.3, 0.4) is 0 Å². The van der Waals surface area contributed by atoms with Gasteiger partial charge < -0.3 is 14.6 Å². The molecule has 3 rings (SSSR count). The lowest BCUT2D eigenvalue weighted by atomic mass is 9.85. The second-order valence-corrected chi connectivity index (χ2v) is 5.76. The van der Waals surface area contributed by atoms with E-state index in [4.69, 9.17) is 9.47 Å². The minimum Gasteiger partial charge on any atom is -0.484 e. The van der Waals surface area contributed by atoms with E-state index >= 15 is 0 Å². The van der Waals surface area contributed by atoms with E-state index in [0.717, 1.165) is 35.2 Å². The Labute approximate surface area is 109 Å². The fraction of sp³-hybridized carbons (Fsp3) is 0.538. The molecule has 2 aliphatic rings. The van der Waals surface area contributed by atoms with Crippen LogP contribution in [0.5, 0.6) is 5.75 Å². The quantitative estimate of drug-likeness (QED) is 0.800. The molecule has 0 saturated carbocycles. The van der Waals surface area contributed by atoms with Crippen molar-refractivity contribution < 1.29 is 14.6 Å². The van der Waals surface area contributed by atoms with Gasteiger partial charge in [0, 0.05) is 23.1 Å². The topological polar surface area (TPSA) is 38.7 Å². The normalized spacial score (nSPS) is 32.0. The van der Waals surface area contributed by atoms with E-state index in [0.29, 0.717) is 13.0 Å². The van der Waals surface area contributed by atoms with Crippen LogP contribution in [-0.4, -0.2) is 23.9 Å². The maximum Gasteiger partial charge on any atom is 0.135 e.